The van der Waals surface area contributed by atoms with Crippen molar-refractivity contribution in [3.63, 3.8) is 0 Å². The highest BCUT2D eigenvalue weighted by Gasteiger charge is 2.18. The van der Waals surface area contributed by atoms with E-state index in [1.54, 1.807) is 17.5 Å². The summed E-state index contributed by atoms with van der Waals surface area (Å²) in [6.07, 6.45) is 10.0. The molecule has 24 heavy (non-hydrogen) atoms. The van der Waals surface area contributed by atoms with E-state index in [2.05, 4.69) is 20.2 Å². The van der Waals surface area contributed by atoms with Gasteiger partial charge in [0.15, 0.2) is 5.13 Å². The van der Waals surface area contributed by atoms with Crippen molar-refractivity contribution in [3.8, 4) is 0 Å². The zero-order valence-corrected chi connectivity index (χ0v) is 14.6. The van der Waals surface area contributed by atoms with Crippen LogP contribution in [0.2, 0.25) is 0 Å². The third-order valence-electron chi connectivity index (χ3n) is 4.76. The van der Waals surface area contributed by atoms with Gasteiger partial charge in [0, 0.05) is 24.2 Å². The first-order valence-corrected chi connectivity index (χ1v) is 9.62. The van der Waals surface area contributed by atoms with Crippen molar-refractivity contribution >= 4 is 28.2 Å². The summed E-state index contributed by atoms with van der Waals surface area (Å²) in [6, 6.07) is 3.83. The maximum absolute atomic E-state index is 12.4. The van der Waals surface area contributed by atoms with Gasteiger partial charge in [0.2, 0.25) is 0 Å². The SMILES string of the molecule is O=C(Nc1nc2c(s1)CCC2)c1ccc(N2CCCCCC2)nc1. The molecule has 1 aliphatic carbocycles. The lowest BCUT2D eigenvalue weighted by Gasteiger charge is -2.21. The summed E-state index contributed by atoms with van der Waals surface area (Å²) in [5.41, 5.74) is 1.74. The minimum absolute atomic E-state index is 0.127. The van der Waals surface area contributed by atoms with Crippen LogP contribution in [0.3, 0.4) is 0 Å². The number of aromatic nitrogens is 2. The van der Waals surface area contributed by atoms with Crippen molar-refractivity contribution in [2.24, 2.45) is 0 Å². The number of carbonyl (C=O) groups is 1. The van der Waals surface area contributed by atoms with E-state index in [0.29, 0.717) is 10.7 Å². The van der Waals surface area contributed by atoms with Gasteiger partial charge in [0.1, 0.15) is 5.82 Å². The van der Waals surface area contributed by atoms with Crippen LogP contribution in [-0.4, -0.2) is 29.0 Å². The lowest BCUT2D eigenvalue weighted by Crippen LogP contribution is -2.25. The first-order valence-electron chi connectivity index (χ1n) is 8.80. The van der Waals surface area contributed by atoms with Crippen LogP contribution < -0.4 is 10.2 Å². The summed E-state index contributed by atoms with van der Waals surface area (Å²) < 4.78 is 0. The smallest absolute Gasteiger partial charge is 0.259 e. The van der Waals surface area contributed by atoms with Gasteiger partial charge in [-0.1, -0.05) is 12.8 Å². The van der Waals surface area contributed by atoms with Crippen LogP contribution in [0.4, 0.5) is 10.9 Å². The van der Waals surface area contributed by atoms with E-state index in [1.165, 1.54) is 37.0 Å². The Bertz CT molecular complexity index is 696. The second-order valence-electron chi connectivity index (χ2n) is 6.50. The fourth-order valence-corrected chi connectivity index (χ4v) is 4.47. The van der Waals surface area contributed by atoms with Crippen molar-refractivity contribution in [2.75, 3.05) is 23.3 Å². The lowest BCUT2D eigenvalue weighted by molar-refractivity contribution is 0.102. The van der Waals surface area contributed by atoms with Gasteiger partial charge in [-0.3, -0.25) is 10.1 Å². The molecule has 0 atom stereocenters. The molecule has 0 saturated carbocycles. The van der Waals surface area contributed by atoms with Gasteiger partial charge in [-0.15, -0.1) is 11.3 Å². The molecule has 3 heterocycles. The molecule has 1 aliphatic heterocycles. The molecule has 126 valence electrons. The first kappa shape index (κ1) is 15.6. The van der Waals surface area contributed by atoms with Gasteiger partial charge in [0.25, 0.3) is 5.91 Å². The minimum Gasteiger partial charge on any atom is -0.357 e. The topological polar surface area (TPSA) is 58.1 Å². The highest BCUT2D eigenvalue weighted by atomic mass is 32.1. The summed E-state index contributed by atoms with van der Waals surface area (Å²) in [6.45, 7) is 2.12. The monoisotopic (exact) mass is 342 g/mol. The third kappa shape index (κ3) is 3.29. The Morgan fingerprint density at radius 3 is 2.62 bits per heavy atom. The van der Waals surface area contributed by atoms with Crippen molar-refractivity contribution in [1.29, 1.82) is 0 Å². The standard InChI is InChI=1S/C18H22N4OS/c23-17(21-18-20-14-6-5-7-15(14)24-18)13-8-9-16(19-12-13)22-10-3-1-2-4-11-22/h8-9,12H,1-7,10-11H2,(H,20,21,23). The molecule has 6 heteroatoms. The van der Waals surface area contributed by atoms with Crippen LogP contribution >= 0.6 is 11.3 Å². The molecule has 0 spiro atoms. The molecular formula is C18H22N4OS. The van der Waals surface area contributed by atoms with E-state index in [4.69, 9.17) is 0 Å². The van der Waals surface area contributed by atoms with E-state index < -0.39 is 0 Å². The molecule has 2 aromatic rings. The highest BCUT2D eigenvalue weighted by Crippen LogP contribution is 2.30. The van der Waals surface area contributed by atoms with Crippen LogP contribution in [0.1, 0.15) is 53.0 Å². The van der Waals surface area contributed by atoms with Crippen molar-refractivity contribution < 1.29 is 4.79 Å². The van der Waals surface area contributed by atoms with Gasteiger partial charge in [-0.05, 0) is 44.2 Å². The number of nitrogens with zero attached hydrogens (tertiary/aromatic N) is 3. The second kappa shape index (κ2) is 6.89. The number of pyridine rings is 1. The Morgan fingerprint density at radius 1 is 1.08 bits per heavy atom. The minimum atomic E-state index is -0.127. The molecule has 0 bridgehead atoms. The molecule has 5 nitrogen and oxygen atoms in total. The summed E-state index contributed by atoms with van der Waals surface area (Å²) in [4.78, 5) is 25.0. The Morgan fingerprint density at radius 2 is 1.92 bits per heavy atom. The third-order valence-corrected chi connectivity index (χ3v) is 5.83. The zero-order chi connectivity index (χ0) is 16.4. The van der Waals surface area contributed by atoms with E-state index >= 15 is 0 Å². The van der Waals surface area contributed by atoms with Crippen LogP contribution in [0.5, 0.6) is 0 Å². The van der Waals surface area contributed by atoms with Gasteiger partial charge < -0.3 is 4.90 Å². The maximum Gasteiger partial charge on any atom is 0.259 e. The number of fused-ring (bicyclic) bond motifs is 1. The van der Waals surface area contributed by atoms with Crippen molar-refractivity contribution in [3.05, 3.63) is 34.5 Å². The quantitative estimate of drug-likeness (QED) is 0.925. The maximum atomic E-state index is 12.4. The molecule has 0 unspecified atom stereocenters. The number of hydrogen-bond acceptors (Lipinski definition) is 5. The number of nitrogens with one attached hydrogen (secondary N) is 1. The lowest BCUT2D eigenvalue weighted by atomic mass is 10.2. The summed E-state index contributed by atoms with van der Waals surface area (Å²) in [5.74, 6) is 0.846. The molecular weight excluding hydrogens is 320 g/mol. The van der Waals surface area contributed by atoms with E-state index in [0.717, 1.165) is 37.4 Å². The number of anilines is 2. The number of aryl methyl sites for hydroxylation is 2. The zero-order valence-electron chi connectivity index (χ0n) is 13.8. The molecule has 0 aromatic carbocycles. The molecule has 1 fully saturated rings. The molecule has 2 aromatic heterocycles. The van der Waals surface area contributed by atoms with Crippen LogP contribution in [0.25, 0.3) is 0 Å². The van der Waals surface area contributed by atoms with Crippen LogP contribution in [-0.2, 0) is 12.8 Å². The van der Waals surface area contributed by atoms with E-state index in [-0.39, 0.29) is 5.91 Å². The molecule has 1 N–H and O–H groups in total. The fraction of sp³-hybridized carbons (Fsp3) is 0.500. The van der Waals surface area contributed by atoms with Crippen molar-refractivity contribution in [1.82, 2.24) is 9.97 Å². The Labute approximate surface area is 146 Å². The Kier molecular flexibility index (Phi) is 4.47. The molecule has 1 saturated heterocycles. The summed E-state index contributed by atoms with van der Waals surface area (Å²) in [5, 5.41) is 3.62. The number of carbonyl (C=O) groups excluding carboxylic acids is 1. The van der Waals surface area contributed by atoms with E-state index in [1.807, 2.05) is 12.1 Å². The van der Waals surface area contributed by atoms with Crippen LogP contribution in [0, 0.1) is 0 Å². The van der Waals surface area contributed by atoms with E-state index in [9.17, 15) is 4.79 Å². The average molecular weight is 342 g/mol. The predicted octanol–water partition coefficient (Wildman–Crippen LogP) is 3.66. The van der Waals surface area contributed by atoms with Gasteiger partial charge >= 0.3 is 0 Å². The van der Waals surface area contributed by atoms with Crippen molar-refractivity contribution in [2.45, 2.75) is 44.9 Å². The average Bonchev–Trinajstić information content (AvgIpc) is 3.06. The Balaban J connectivity index is 1.42. The van der Waals surface area contributed by atoms with Crippen LogP contribution in [0.15, 0.2) is 18.3 Å². The highest BCUT2D eigenvalue weighted by molar-refractivity contribution is 7.15. The second-order valence-corrected chi connectivity index (χ2v) is 7.59. The molecule has 2 aliphatic rings. The summed E-state index contributed by atoms with van der Waals surface area (Å²) >= 11 is 1.60. The largest absolute Gasteiger partial charge is 0.357 e. The van der Waals surface area contributed by atoms with Gasteiger partial charge in [0.05, 0.1) is 11.3 Å². The molecule has 0 radical (unpaired) electrons. The first-order chi connectivity index (χ1) is 11.8. The predicted molar refractivity (Wildman–Crippen MR) is 97.0 cm³/mol. The summed E-state index contributed by atoms with van der Waals surface area (Å²) in [7, 11) is 0. The van der Waals surface area contributed by atoms with Gasteiger partial charge in [-0.25, -0.2) is 9.97 Å². The number of thiazole rings is 1. The number of rotatable bonds is 3. The number of amides is 1. The molecule has 1 amide bonds. The number of hydrogen-bond donors (Lipinski definition) is 1. The fourth-order valence-electron chi connectivity index (χ4n) is 3.42. The molecule has 4 rings (SSSR count). The van der Waals surface area contributed by atoms with Gasteiger partial charge in [-0.2, -0.15) is 0 Å². The Hall–Kier alpha value is -1.95. The normalized spacial score (nSPS) is 17.4.